The quantitative estimate of drug-likeness (QED) is 0.214. The van der Waals surface area contributed by atoms with Crippen molar-refractivity contribution in [2.75, 3.05) is 36.5 Å². The number of ether oxygens (including phenoxy) is 2. The summed E-state index contributed by atoms with van der Waals surface area (Å²) in [6, 6.07) is 13.2. The summed E-state index contributed by atoms with van der Waals surface area (Å²) in [5.41, 5.74) is 4.06. The van der Waals surface area contributed by atoms with E-state index in [-0.39, 0.29) is 57.7 Å². The number of rotatable bonds is 7. The fourth-order valence-electron chi connectivity index (χ4n) is 7.91. The number of sulfonamides is 1. The smallest absolute Gasteiger partial charge is 0.264 e. The molecular weight excluding hydrogens is 691 g/mol. The number of fused-ring (bicyclic) bond motifs is 4. The summed E-state index contributed by atoms with van der Waals surface area (Å²) < 4.78 is 42.1. The predicted octanol–water partition coefficient (Wildman–Crippen LogP) is 6.83. The Kier molecular flexibility index (Phi) is 10.3. The number of carbonyl (C=O) groups excluding carboxylic acids is 1. The van der Waals surface area contributed by atoms with Crippen LogP contribution < -0.4 is 14.4 Å². The van der Waals surface area contributed by atoms with E-state index in [1.807, 2.05) is 44.4 Å². The number of hydrogen-bond acceptors (Lipinski definition) is 10. The topological polar surface area (TPSA) is 140 Å². The third-order valence-corrected chi connectivity index (χ3v) is 11.2. The first kappa shape index (κ1) is 38.1. The van der Waals surface area contributed by atoms with Crippen molar-refractivity contribution in [3.8, 4) is 17.1 Å². The largest absolute Gasteiger partial charge is 0.475 e. The summed E-state index contributed by atoms with van der Waals surface area (Å²) in [6.45, 7) is 18.5. The van der Waals surface area contributed by atoms with Gasteiger partial charge in [0.15, 0.2) is 0 Å². The number of nitrogens with one attached hydrogen (secondary N) is 1. The molecule has 282 valence electrons. The molecule has 6 rings (SSSR count). The number of benzene rings is 2. The summed E-state index contributed by atoms with van der Waals surface area (Å²) in [4.78, 5) is 37.2. The van der Waals surface area contributed by atoms with Crippen LogP contribution in [0.3, 0.4) is 0 Å². The molecule has 0 saturated carbocycles. The molecule has 2 aromatic heterocycles. The van der Waals surface area contributed by atoms with Crippen LogP contribution >= 0.6 is 0 Å². The van der Waals surface area contributed by atoms with Crippen molar-refractivity contribution in [1.29, 1.82) is 0 Å². The van der Waals surface area contributed by atoms with Gasteiger partial charge in [0, 0.05) is 30.8 Å². The van der Waals surface area contributed by atoms with E-state index in [0.717, 1.165) is 35.3 Å². The highest BCUT2D eigenvalue weighted by atomic mass is 32.2. The SMILES string of the molecule is COCC1(C)CC(C)(C)CN1c1cnc(CN2C(=O)c3cccc(c3)S(=O)(=O)Nc3nc(cc(-c4c(C)cccc4C)n3)OC[C@H]2CC(C)(C)C)nc1. The molecule has 0 aliphatic carbocycles. The second-order valence-electron chi connectivity index (χ2n) is 16.7. The maximum absolute atomic E-state index is 14.6. The number of carbonyl (C=O) groups is 1. The van der Waals surface area contributed by atoms with Gasteiger partial charge >= 0.3 is 0 Å². The molecule has 0 radical (unpaired) electrons. The summed E-state index contributed by atoms with van der Waals surface area (Å²) in [6.07, 6.45) is 5.15. The van der Waals surface area contributed by atoms with Gasteiger partial charge in [-0.05, 0) is 73.8 Å². The molecule has 53 heavy (non-hydrogen) atoms. The first-order valence-electron chi connectivity index (χ1n) is 18.0. The number of anilines is 2. The van der Waals surface area contributed by atoms with Crippen LogP contribution in [-0.2, 0) is 21.3 Å². The molecule has 12 nitrogen and oxygen atoms in total. The predicted molar refractivity (Wildman–Crippen MR) is 205 cm³/mol. The van der Waals surface area contributed by atoms with Gasteiger partial charge in [-0.3, -0.25) is 4.79 Å². The van der Waals surface area contributed by atoms with Gasteiger partial charge in [0.25, 0.3) is 15.9 Å². The number of nitrogens with zero attached hydrogens (tertiary/aromatic N) is 6. The lowest BCUT2D eigenvalue weighted by atomic mass is 9.85. The molecule has 2 aliphatic heterocycles. The molecule has 1 fully saturated rings. The summed E-state index contributed by atoms with van der Waals surface area (Å²) in [7, 11) is -2.47. The first-order valence-corrected chi connectivity index (χ1v) is 19.4. The maximum Gasteiger partial charge on any atom is 0.264 e. The standard InChI is InChI=1S/C40H51N7O5S/c1-26-12-10-13-27(2)35(26)32-17-34-44-37(43-32)45-53(49,50)31-15-11-14-28(16-31)36(48)46(29(22-52-34)18-38(3,4)5)21-33-41-19-30(20-42-33)47-24-39(6,7)23-40(47,8)25-51-9/h10-17,19-20,29H,18,21-25H2,1-9H3,(H,43,44,45)/t29-,40?/m1/s1. The minimum absolute atomic E-state index is 0.0714. The number of aryl methyl sites for hydroxylation is 2. The van der Waals surface area contributed by atoms with Gasteiger partial charge in [0.1, 0.15) is 12.4 Å². The Morgan fingerprint density at radius 3 is 2.34 bits per heavy atom. The van der Waals surface area contributed by atoms with Crippen molar-refractivity contribution < 1.29 is 22.7 Å². The molecule has 2 atom stereocenters. The van der Waals surface area contributed by atoms with Crippen molar-refractivity contribution in [3.63, 3.8) is 0 Å². The van der Waals surface area contributed by atoms with Crippen molar-refractivity contribution in [1.82, 2.24) is 24.8 Å². The van der Waals surface area contributed by atoms with Crippen molar-refractivity contribution >= 4 is 27.6 Å². The molecular formula is C40H51N7O5S. The van der Waals surface area contributed by atoms with Crippen LogP contribution in [0.1, 0.15) is 81.7 Å². The molecule has 4 aromatic rings. The first-order chi connectivity index (χ1) is 24.9. The minimum Gasteiger partial charge on any atom is -0.475 e. The molecule has 2 aromatic carbocycles. The number of aromatic nitrogens is 4. The van der Waals surface area contributed by atoms with Crippen LogP contribution in [0.25, 0.3) is 11.3 Å². The number of methoxy groups -OCH3 is 1. The van der Waals surface area contributed by atoms with Crippen LogP contribution in [0.5, 0.6) is 5.88 Å². The van der Waals surface area contributed by atoms with Crippen molar-refractivity contribution in [2.24, 2.45) is 10.8 Å². The summed E-state index contributed by atoms with van der Waals surface area (Å²) in [5, 5.41) is 0. The lowest BCUT2D eigenvalue weighted by Crippen LogP contribution is -2.46. The Morgan fingerprint density at radius 1 is 1.00 bits per heavy atom. The highest BCUT2D eigenvalue weighted by Gasteiger charge is 2.46. The van der Waals surface area contributed by atoms with Crippen LogP contribution in [0, 0.1) is 24.7 Å². The van der Waals surface area contributed by atoms with E-state index in [1.165, 1.54) is 12.1 Å². The Balaban J connectivity index is 1.42. The monoisotopic (exact) mass is 741 g/mol. The Bertz CT molecular complexity index is 2080. The minimum atomic E-state index is -4.19. The van der Waals surface area contributed by atoms with Gasteiger partial charge in [0.05, 0.1) is 53.4 Å². The molecule has 4 heterocycles. The Hall–Kier alpha value is -4.62. The van der Waals surface area contributed by atoms with E-state index in [0.29, 0.717) is 24.5 Å². The van der Waals surface area contributed by atoms with Crippen LogP contribution in [0.15, 0.2) is 65.8 Å². The molecule has 13 heteroatoms. The van der Waals surface area contributed by atoms with E-state index in [1.54, 1.807) is 30.2 Å². The lowest BCUT2D eigenvalue weighted by Gasteiger charge is -2.36. The third kappa shape index (κ3) is 8.46. The normalized spacial score (nSPS) is 21.2. The van der Waals surface area contributed by atoms with Gasteiger partial charge in [-0.1, -0.05) is 58.9 Å². The zero-order valence-corrected chi connectivity index (χ0v) is 33.0. The third-order valence-electron chi connectivity index (χ3n) is 9.90. The van der Waals surface area contributed by atoms with E-state index < -0.39 is 16.1 Å². The molecule has 1 saturated heterocycles. The lowest BCUT2D eigenvalue weighted by molar-refractivity contribution is 0.0505. The molecule has 1 N–H and O–H groups in total. The maximum atomic E-state index is 14.6. The van der Waals surface area contributed by atoms with E-state index in [9.17, 15) is 13.2 Å². The molecule has 0 spiro atoms. The summed E-state index contributed by atoms with van der Waals surface area (Å²) >= 11 is 0. The van der Waals surface area contributed by atoms with E-state index in [4.69, 9.17) is 19.4 Å². The molecule has 1 amide bonds. The molecule has 1 unspecified atom stereocenters. The second-order valence-corrected chi connectivity index (χ2v) is 18.4. The fraction of sp³-hybridized carbons (Fsp3) is 0.475. The van der Waals surface area contributed by atoms with Crippen LogP contribution in [0.4, 0.5) is 11.6 Å². The fourth-order valence-corrected chi connectivity index (χ4v) is 8.90. The van der Waals surface area contributed by atoms with Gasteiger partial charge in [-0.25, -0.2) is 28.1 Å². The van der Waals surface area contributed by atoms with E-state index in [2.05, 4.69) is 61.1 Å². The average Bonchev–Trinajstić information content (AvgIpc) is 3.32. The molecule has 4 bridgehead atoms. The van der Waals surface area contributed by atoms with Crippen molar-refractivity contribution in [2.45, 2.75) is 91.3 Å². The highest BCUT2D eigenvalue weighted by Crippen LogP contribution is 2.43. The average molecular weight is 742 g/mol. The van der Waals surface area contributed by atoms with Gasteiger partial charge in [-0.2, -0.15) is 4.98 Å². The number of amides is 1. The van der Waals surface area contributed by atoms with Gasteiger partial charge < -0.3 is 19.3 Å². The number of hydrogen-bond donors (Lipinski definition) is 1. The zero-order valence-electron chi connectivity index (χ0n) is 32.2. The zero-order chi connectivity index (χ0) is 38.3. The molecule has 2 aliphatic rings. The van der Waals surface area contributed by atoms with Crippen LogP contribution in [0.2, 0.25) is 0 Å². The van der Waals surface area contributed by atoms with Crippen molar-refractivity contribution in [3.05, 3.63) is 83.4 Å². The Labute approximate surface area is 313 Å². The Morgan fingerprint density at radius 2 is 1.68 bits per heavy atom. The second kappa shape index (κ2) is 14.3. The van der Waals surface area contributed by atoms with Crippen LogP contribution in [-0.4, -0.2) is 77.6 Å². The summed E-state index contributed by atoms with van der Waals surface area (Å²) in [5.74, 6) is 0.136. The highest BCUT2D eigenvalue weighted by molar-refractivity contribution is 7.92. The van der Waals surface area contributed by atoms with Gasteiger partial charge in [0.2, 0.25) is 11.8 Å². The van der Waals surface area contributed by atoms with Gasteiger partial charge in [-0.15, -0.1) is 0 Å². The van der Waals surface area contributed by atoms with E-state index >= 15 is 0 Å².